The first-order valence-corrected chi connectivity index (χ1v) is 7.06. The second kappa shape index (κ2) is 7.06. The second-order valence-electron chi connectivity index (χ2n) is 4.89. The number of allylic oxidation sites excluding steroid dienone is 1. The number of benzene rings is 1. The highest BCUT2D eigenvalue weighted by Crippen LogP contribution is 2.29. The van der Waals surface area contributed by atoms with E-state index in [0.717, 1.165) is 5.56 Å². The Kier molecular flexibility index (Phi) is 5.14. The number of hydrogen-bond donors (Lipinski definition) is 1. The van der Waals surface area contributed by atoms with Gasteiger partial charge in [0, 0.05) is 5.56 Å². The van der Waals surface area contributed by atoms with Crippen LogP contribution in [0.4, 0.5) is 0 Å². The molecular formula is C16H21NO5. The van der Waals surface area contributed by atoms with Crippen LogP contribution >= 0.6 is 0 Å². The highest BCUT2D eigenvalue weighted by molar-refractivity contribution is 5.92. The van der Waals surface area contributed by atoms with Crippen molar-refractivity contribution in [3.8, 4) is 11.5 Å². The molecule has 1 atom stereocenters. The summed E-state index contributed by atoms with van der Waals surface area (Å²) < 4.78 is 21.3. The largest absolute Gasteiger partial charge is 0.497 e. The van der Waals surface area contributed by atoms with E-state index in [1.807, 2.05) is 25.1 Å². The fraction of sp³-hybridized carbons (Fsp3) is 0.438. The van der Waals surface area contributed by atoms with Gasteiger partial charge in [-0.2, -0.15) is 0 Å². The Labute approximate surface area is 130 Å². The van der Waals surface area contributed by atoms with E-state index in [9.17, 15) is 4.79 Å². The molecule has 1 aliphatic rings. The summed E-state index contributed by atoms with van der Waals surface area (Å²) >= 11 is 0. The highest BCUT2D eigenvalue weighted by atomic mass is 16.6. The fourth-order valence-electron chi connectivity index (χ4n) is 2.25. The van der Waals surface area contributed by atoms with E-state index in [1.54, 1.807) is 21.1 Å². The quantitative estimate of drug-likeness (QED) is 0.903. The Morgan fingerprint density at radius 2 is 1.95 bits per heavy atom. The van der Waals surface area contributed by atoms with Crippen LogP contribution in [0.1, 0.15) is 25.5 Å². The van der Waals surface area contributed by atoms with E-state index in [-0.39, 0.29) is 17.7 Å². The van der Waals surface area contributed by atoms with Crippen molar-refractivity contribution in [2.45, 2.75) is 19.9 Å². The van der Waals surface area contributed by atoms with Gasteiger partial charge in [0.2, 0.25) is 5.76 Å². The topological polar surface area (TPSA) is 66.0 Å². The standard InChI is InChI=1S/C16H21NO5/c1-10(13-9-12(19-3)5-6-14(13)20-4)17-16(18)15-11(2)21-7-8-22-15/h5-6,9-10H,7-8H2,1-4H3,(H,17,18). The van der Waals surface area contributed by atoms with Gasteiger partial charge in [0.1, 0.15) is 30.5 Å². The lowest BCUT2D eigenvalue weighted by Gasteiger charge is -2.22. The van der Waals surface area contributed by atoms with Gasteiger partial charge in [-0.3, -0.25) is 4.79 Å². The Hall–Kier alpha value is -2.37. The maximum absolute atomic E-state index is 12.3. The average molecular weight is 307 g/mol. The smallest absolute Gasteiger partial charge is 0.290 e. The van der Waals surface area contributed by atoms with Gasteiger partial charge in [-0.25, -0.2) is 0 Å². The molecule has 1 N–H and O–H groups in total. The van der Waals surface area contributed by atoms with Crippen LogP contribution in [0, 0.1) is 0 Å². The molecule has 0 saturated carbocycles. The molecule has 0 aliphatic carbocycles. The van der Waals surface area contributed by atoms with E-state index in [1.165, 1.54) is 0 Å². The van der Waals surface area contributed by atoms with Crippen molar-refractivity contribution < 1.29 is 23.7 Å². The maximum Gasteiger partial charge on any atom is 0.290 e. The number of hydrogen-bond acceptors (Lipinski definition) is 5. The second-order valence-corrected chi connectivity index (χ2v) is 4.89. The molecule has 1 unspecified atom stereocenters. The van der Waals surface area contributed by atoms with Crippen LogP contribution in [0.3, 0.4) is 0 Å². The van der Waals surface area contributed by atoms with Crippen molar-refractivity contribution in [3.05, 3.63) is 35.3 Å². The lowest BCUT2D eigenvalue weighted by Crippen LogP contribution is -2.32. The predicted octanol–water partition coefficient (Wildman–Crippen LogP) is 2.16. The molecule has 120 valence electrons. The number of amides is 1. The number of carbonyl (C=O) groups excluding carboxylic acids is 1. The lowest BCUT2D eigenvalue weighted by molar-refractivity contribution is -0.123. The third-order valence-electron chi connectivity index (χ3n) is 3.43. The van der Waals surface area contributed by atoms with Crippen molar-refractivity contribution >= 4 is 5.91 Å². The van der Waals surface area contributed by atoms with Crippen LogP contribution in [0.2, 0.25) is 0 Å². The molecule has 1 heterocycles. The Morgan fingerprint density at radius 3 is 2.59 bits per heavy atom. The molecule has 1 amide bonds. The van der Waals surface area contributed by atoms with Crippen molar-refractivity contribution in [2.24, 2.45) is 0 Å². The van der Waals surface area contributed by atoms with Crippen LogP contribution in [0.5, 0.6) is 11.5 Å². The molecular weight excluding hydrogens is 286 g/mol. The van der Waals surface area contributed by atoms with Crippen molar-refractivity contribution in [1.29, 1.82) is 0 Å². The first kappa shape index (κ1) is 16.0. The van der Waals surface area contributed by atoms with Crippen molar-refractivity contribution in [2.75, 3.05) is 27.4 Å². The molecule has 22 heavy (non-hydrogen) atoms. The van der Waals surface area contributed by atoms with Gasteiger partial charge in [0.05, 0.1) is 20.3 Å². The van der Waals surface area contributed by atoms with E-state index < -0.39 is 0 Å². The third kappa shape index (κ3) is 3.44. The first-order valence-electron chi connectivity index (χ1n) is 7.06. The summed E-state index contributed by atoms with van der Waals surface area (Å²) in [5.74, 6) is 1.78. The van der Waals surface area contributed by atoms with Gasteiger partial charge in [0.25, 0.3) is 5.91 Å². The normalized spacial score (nSPS) is 15.5. The van der Waals surface area contributed by atoms with Crippen LogP contribution in [0.25, 0.3) is 0 Å². The summed E-state index contributed by atoms with van der Waals surface area (Å²) in [6.45, 7) is 4.42. The highest BCUT2D eigenvalue weighted by Gasteiger charge is 2.23. The zero-order valence-corrected chi connectivity index (χ0v) is 13.3. The van der Waals surface area contributed by atoms with E-state index in [2.05, 4.69) is 5.32 Å². The molecule has 0 aromatic heterocycles. The van der Waals surface area contributed by atoms with Gasteiger partial charge in [-0.1, -0.05) is 0 Å². The molecule has 6 nitrogen and oxygen atoms in total. The van der Waals surface area contributed by atoms with Gasteiger partial charge < -0.3 is 24.3 Å². The van der Waals surface area contributed by atoms with Gasteiger partial charge in [-0.15, -0.1) is 0 Å². The monoisotopic (exact) mass is 307 g/mol. The summed E-state index contributed by atoms with van der Waals surface area (Å²) in [6.07, 6.45) is 0. The van der Waals surface area contributed by atoms with Gasteiger partial charge in [0.15, 0.2) is 0 Å². The number of ether oxygens (including phenoxy) is 4. The summed E-state index contributed by atoms with van der Waals surface area (Å²) in [4.78, 5) is 12.3. The van der Waals surface area contributed by atoms with E-state index >= 15 is 0 Å². The molecule has 1 aromatic rings. The Balaban J connectivity index is 2.18. The van der Waals surface area contributed by atoms with E-state index in [4.69, 9.17) is 18.9 Å². The van der Waals surface area contributed by atoms with Crippen LogP contribution in [-0.2, 0) is 14.3 Å². The zero-order chi connectivity index (χ0) is 16.1. The minimum atomic E-state index is -0.311. The molecule has 1 aliphatic heterocycles. The third-order valence-corrected chi connectivity index (χ3v) is 3.43. The van der Waals surface area contributed by atoms with Gasteiger partial charge >= 0.3 is 0 Å². The molecule has 0 fully saturated rings. The lowest BCUT2D eigenvalue weighted by atomic mass is 10.1. The summed E-state index contributed by atoms with van der Waals surface area (Å²) in [6, 6.07) is 5.18. The average Bonchev–Trinajstić information content (AvgIpc) is 2.54. The molecule has 0 radical (unpaired) electrons. The zero-order valence-electron chi connectivity index (χ0n) is 13.3. The molecule has 0 saturated heterocycles. The maximum atomic E-state index is 12.3. The molecule has 1 aromatic carbocycles. The minimum Gasteiger partial charge on any atom is -0.497 e. The number of methoxy groups -OCH3 is 2. The Morgan fingerprint density at radius 1 is 1.23 bits per heavy atom. The predicted molar refractivity (Wildman–Crippen MR) is 80.7 cm³/mol. The number of carbonyl (C=O) groups is 1. The summed E-state index contributed by atoms with van der Waals surface area (Å²) in [7, 11) is 3.18. The van der Waals surface area contributed by atoms with Crippen molar-refractivity contribution in [3.63, 3.8) is 0 Å². The molecule has 0 spiro atoms. The van der Waals surface area contributed by atoms with Gasteiger partial charge in [-0.05, 0) is 32.0 Å². The number of rotatable bonds is 5. The van der Waals surface area contributed by atoms with Crippen LogP contribution < -0.4 is 14.8 Å². The molecule has 6 heteroatoms. The van der Waals surface area contributed by atoms with Crippen molar-refractivity contribution in [1.82, 2.24) is 5.32 Å². The Bertz CT molecular complexity index is 582. The number of nitrogens with one attached hydrogen (secondary N) is 1. The first-order chi connectivity index (χ1) is 10.6. The fourth-order valence-corrected chi connectivity index (χ4v) is 2.25. The SMILES string of the molecule is COc1ccc(OC)c(C(C)NC(=O)C2=C(C)OCCO2)c1. The summed E-state index contributed by atoms with van der Waals surface area (Å²) in [5, 5.41) is 2.88. The minimum absolute atomic E-state index is 0.222. The summed E-state index contributed by atoms with van der Waals surface area (Å²) in [5.41, 5.74) is 0.824. The van der Waals surface area contributed by atoms with E-state index in [0.29, 0.717) is 30.5 Å². The molecule has 0 bridgehead atoms. The van der Waals surface area contributed by atoms with Crippen LogP contribution in [0.15, 0.2) is 29.7 Å². The van der Waals surface area contributed by atoms with Crippen LogP contribution in [-0.4, -0.2) is 33.3 Å². The molecule has 2 rings (SSSR count).